The van der Waals surface area contributed by atoms with Crippen LogP contribution >= 0.6 is 0 Å². The SMILES string of the molecule is CC/C=C\C/C=C\C/C=C\C/C=C\C/C=C\C/C=C\C/C=C\CCCCCC(=O)OCC(COC(=O)CCCCCCCCCCC)OC(=O)CCCCCCCCCCC/C=C\CCCCCCCC. The molecule has 0 N–H and O–H groups in total. The molecule has 0 rings (SSSR count). The van der Waals surface area contributed by atoms with Crippen LogP contribution in [0.3, 0.4) is 0 Å². The Kier molecular flexibility index (Phi) is 55.9. The van der Waals surface area contributed by atoms with E-state index in [0.717, 1.165) is 109 Å². The van der Waals surface area contributed by atoms with Gasteiger partial charge in [-0.05, 0) is 103 Å². The van der Waals surface area contributed by atoms with Gasteiger partial charge in [-0.1, -0.05) is 253 Å². The van der Waals surface area contributed by atoms with Crippen molar-refractivity contribution < 1.29 is 28.6 Å². The van der Waals surface area contributed by atoms with E-state index in [1.54, 1.807) is 0 Å². The molecule has 0 aliphatic rings. The zero-order valence-electron chi connectivity index (χ0n) is 46.5. The van der Waals surface area contributed by atoms with Crippen LogP contribution in [0.1, 0.15) is 278 Å². The highest BCUT2D eigenvalue weighted by Gasteiger charge is 2.19. The molecule has 0 bridgehead atoms. The molecule has 0 aliphatic heterocycles. The maximum atomic E-state index is 12.8. The third kappa shape index (κ3) is 57.1. The minimum atomic E-state index is -0.791. The second kappa shape index (κ2) is 58.9. The molecule has 0 aromatic rings. The van der Waals surface area contributed by atoms with Crippen LogP contribution in [0, 0.1) is 0 Å². The largest absolute Gasteiger partial charge is 0.462 e. The lowest BCUT2D eigenvalue weighted by molar-refractivity contribution is -0.167. The van der Waals surface area contributed by atoms with Gasteiger partial charge in [0.05, 0.1) is 0 Å². The molecule has 0 amide bonds. The monoisotopic (exact) mass is 987 g/mol. The Morgan fingerprint density at radius 2 is 0.549 bits per heavy atom. The van der Waals surface area contributed by atoms with Gasteiger partial charge in [0.2, 0.25) is 0 Å². The molecule has 0 radical (unpaired) electrons. The molecule has 0 fully saturated rings. The highest BCUT2D eigenvalue weighted by molar-refractivity contribution is 5.71. The Morgan fingerprint density at radius 1 is 0.296 bits per heavy atom. The Balaban J connectivity index is 4.34. The van der Waals surface area contributed by atoms with Crippen molar-refractivity contribution in [2.24, 2.45) is 0 Å². The summed E-state index contributed by atoms with van der Waals surface area (Å²) in [6, 6.07) is 0. The van der Waals surface area contributed by atoms with Crippen molar-refractivity contribution in [2.75, 3.05) is 13.2 Å². The zero-order valence-corrected chi connectivity index (χ0v) is 46.5. The summed E-state index contributed by atoms with van der Waals surface area (Å²) >= 11 is 0. The minimum absolute atomic E-state index is 0.0876. The molecule has 0 aliphatic carbocycles. The lowest BCUT2D eigenvalue weighted by atomic mass is 10.1. The highest BCUT2D eigenvalue weighted by atomic mass is 16.6. The molecule has 0 aromatic heterocycles. The van der Waals surface area contributed by atoms with Gasteiger partial charge in [-0.2, -0.15) is 0 Å². The number of unbranched alkanes of at least 4 members (excludes halogenated alkanes) is 26. The molecule has 0 saturated carbocycles. The molecular weight excluding hydrogens is 877 g/mol. The van der Waals surface area contributed by atoms with Gasteiger partial charge in [-0.25, -0.2) is 0 Å². The first-order valence-corrected chi connectivity index (χ1v) is 29.7. The van der Waals surface area contributed by atoms with Gasteiger partial charge < -0.3 is 14.2 Å². The van der Waals surface area contributed by atoms with Crippen LogP contribution in [0.15, 0.2) is 97.2 Å². The number of rotatable bonds is 53. The number of ether oxygens (including phenoxy) is 3. The van der Waals surface area contributed by atoms with Gasteiger partial charge in [0.15, 0.2) is 6.10 Å². The molecule has 406 valence electrons. The number of hydrogen-bond acceptors (Lipinski definition) is 6. The standard InChI is InChI=1S/C65H110O6/c1-4-7-10-13-16-19-21-23-25-27-29-30-31-32-33-34-36-37-39-41-43-46-49-52-55-58-64(67)70-61-62(60-69-63(66)57-54-51-48-45-18-15-12-9-6-3)71-65(68)59-56-53-50-47-44-42-40-38-35-28-26-24-22-20-17-14-11-8-5-2/h7,10,16,19,23-26,29-30,32-33,36-37,41,43,62H,4-6,8-9,11-15,17-18,20-22,27-28,31,34-35,38-40,42,44-61H2,1-3H3/b10-7-,19-16-,25-23-,26-24-,30-29-,33-32-,37-36-,43-41-. The van der Waals surface area contributed by atoms with E-state index in [2.05, 4.69) is 118 Å². The van der Waals surface area contributed by atoms with Crippen molar-refractivity contribution in [2.45, 2.75) is 284 Å². The van der Waals surface area contributed by atoms with Gasteiger partial charge in [-0.15, -0.1) is 0 Å². The summed E-state index contributed by atoms with van der Waals surface area (Å²) in [5.74, 6) is -0.922. The third-order valence-corrected chi connectivity index (χ3v) is 12.6. The third-order valence-electron chi connectivity index (χ3n) is 12.6. The summed E-state index contributed by atoms with van der Waals surface area (Å²) in [6.45, 7) is 6.48. The maximum Gasteiger partial charge on any atom is 0.306 e. The predicted octanol–water partition coefficient (Wildman–Crippen LogP) is 20.1. The highest BCUT2D eigenvalue weighted by Crippen LogP contribution is 2.15. The van der Waals surface area contributed by atoms with Crippen LogP contribution in [0.4, 0.5) is 0 Å². The molecule has 6 nitrogen and oxygen atoms in total. The van der Waals surface area contributed by atoms with Crippen LogP contribution < -0.4 is 0 Å². The second-order valence-corrected chi connectivity index (χ2v) is 19.5. The number of hydrogen-bond donors (Lipinski definition) is 0. The maximum absolute atomic E-state index is 12.8. The lowest BCUT2D eigenvalue weighted by Gasteiger charge is -2.18. The van der Waals surface area contributed by atoms with E-state index in [0.29, 0.717) is 19.3 Å². The predicted molar refractivity (Wildman–Crippen MR) is 307 cm³/mol. The molecule has 6 heteroatoms. The van der Waals surface area contributed by atoms with E-state index < -0.39 is 6.10 Å². The molecule has 1 unspecified atom stereocenters. The first kappa shape index (κ1) is 67.3. The summed E-state index contributed by atoms with van der Waals surface area (Å²) in [5.41, 5.74) is 0. The van der Waals surface area contributed by atoms with Gasteiger partial charge in [0.25, 0.3) is 0 Å². The first-order chi connectivity index (χ1) is 35.0. The number of carbonyl (C=O) groups excluding carboxylic acids is 3. The fraction of sp³-hybridized carbons (Fsp3) is 0.708. The summed E-state index contributed by atoms with van der Waals surface area (Å²) in [4.78, 5) is 38.1. The molecule has 0 heterocycles. The fourth-order valence-electron chi connectivity index (χ4n) is 8.12. The van der Waals surface area contributed by atoms with Gasteiger partial charge in [0, 0.05) is 19.3 Å². The van der Waals surface area contributed by atoms with Gasteiger partial charge in [-0.3, -0.25) is 14.4 Å². The summed E-state index contributed by atoms with van der Waals surface area (Å²) in [7, 11) is 0. The van der Waals surface area contributed by atoms with Crippen molar-refractivity contribution in [3.8, 4) is 0 Å². The average molecular weight is 988 g/mol. The zero-order chi connectivity index (χ0) is 51.4. The Hall–Kier alpha value is -3.67. The van der Waals surface area contributed by atoms with Gasteiger partial charge in [0.1, 0.15) is 13.2 Å². The van der Waals surface area contributed by atoms with Crippen molar-refractivity contribution in [1.82, 2.24) is 0 Å². The van der Waals surface area contributed by atoms with E-state index in [1.807, 2.05) is 0 Å². The van der Waals surface area contributed by atoms with Crippen LogP contribution in [0.25, 0.3) is 0 Å². The quantitative estimate of drug-likeness (QED) is 0.0261. The number of esters is 3. The topological polar surface area (TPSA) is 78.9 Å². The number of carbonyl (C=O) groups is 3. The van der Waals surface area contributed by atoms with Crippen LogP contribution in [-0.2, 0) is 28.6 Å². The molecule has 0 spiro atoms. The fourth-order valence-corrected chi connectivity index (χ4v) is 8.12. The Bertz CT molecular complexity index is 1410. The van der Waals surface area contributed by atoms with Crippen LogP contribution in [-0.4, -0.2) is 37.2 Å². The molecule has 0 aromatic carbocycles. The van der Waals surface area contributed by atoms with E-state index in [-0.39, 0.29) is 31.1 Å². The van der Waals surface area contributed by atoms with Crippen molar-refractivity contribution in [3.05, 3.63) is 97.2 Å². The van der Waals surface area contributed by atoms with Crippen molar-refractivity contribution in [1.29, 1.82) is 0 Å². The van der Waals surface area contributed by atoms with Gasteiger partial charge >= 0.3 is 17.9 Å². The van der Waals surface area contributed by atoms with E-state index in [9.17, 15) is 14.4 Å². The van der Waals surface area contributed by atoms with Crippen molar-refractivity contribution >= 4 is 17.9 Å². The average Bonchev–Trinajstić information content (AvgIpc) is 3.37. The normalized spacial score (nSPS) is 12.8. The van der Waals surface area contributed by atoms with E-state index >= 15 is 0 Å². The Labute approximate surface area is 438 Å². The van der Waals surface area contributed by atoms with Crippen LogP contribution in [0.5, 0.6) is 0 Å². The van der Waals surface area contributed by atoms with Crippen molar-refractivity contribution in [3.63, 3.8) is 0 Å². The minimum Gasteiger partial charge on any atom is -0.462 e. The summed E-state index contributed by atoms with van der Waals surface area (Å²) < 4.78 is 16.8. The molecule has 71 heavy (non-hydrogen) atoms. The molecule has 0 saturated heterocycles. The first-order valence-electron chi connectivity index (χ1n) is 29.7. The number of allylic oxidation sites excluding steroid dienone is 16. The smallest absolute Gasteiger partial charge is 0.306 e. The Morgan fingerprint density at radius 3 is 0.887 bits per heavy atom. The molecule has 1 atom stereocenters. The summed E-state index contributed by atoms with van der Waals surface area (Å²) in [6.07, 6.45) is 78.4. The van der Waals surface area contributed by atoms with E-state index in [1.165, 1.54) is 128 Å². The van der Waals surface area contributed by atoms with Crippen LogP contribution in [0.2, 0.25) is 0 Å². The summed E-state index contributed by atoms with van der Waals surface area (Å²) in [5, 5.41) is 0. The second-order valence-electron chi connectivity index (χ2n) is 19.5. The lowest BCUT2D eigenvalue weighted by Crippen LogP contribution is -2.30. The molecular formula is C65H110O6. The van der Waals surface area contributed by atoms with E-state index in [4.69, 9.17) is 14.2 Å².